The normalized spacial score (nSPS) is 12.9. The van der Waals surface area contributed by atoms with Gasteiger partial charge in [0.1, 0.15) is 0 Å². The first-order chi connectivity index (χ1) is 8.64. The monoisotopic (exact) mass is 261 g/mol. The lowest BCUT2D eigenvalue weighted by atomic mass is 9.80. The number of anilines is 1. The fourth-order valence-electron chi connectivity index (χ4n) is 1.83. The van der Waals surface area contributed by atoms with Crippen molar-refractivity contribution < 1.29 is 5.11 Å². The first-order valence-corrected chi connectivity index (χ1v) is 6.84. The minimum absolute atomic E-state index is 0.129. The van der Waals surface area contributed by atoms with Gasteiger partial charge in [0.25, 0.3) is 0 Å². The van der Waals surface area contributed by atoms with Crippen molar-refractivity contribution in [3.05, 3.63) is 41.7 Å². The summed E-state index contributed by atoms with van der Waals surface area (Å²) >= 11 is 0. The lowest BCUT2D eigenvalue weighted by Crippen LogP contribution is -2.17. The van der Waals surface area contributed by atoms with Crippen LogP contribution in [0.4, 0.5) is 5.69 Å². The molecule has 2 heteroatoms. The molecule has 0 amide bonds. The second-order valence-corrected chi connectivity index (χ2v) is 7.06. The Hall–Kier alpha value is -1.44. The van der Waals surface area contributed by atoms with Crippen LogP contribution in [0, 0.1) is 0 Å². The van der Waals surface area contributed by atoms with Crippen LogP contribution in [0.1, 0.15) is 52.7 Å². The molecule has 0 saturated carbocycles. The molecule has 0 unspecified atom stereocenters. The van der Waals surface area contributed by atoms with E-state index in [2.05, 4.69) is 65.1 Å². The van der Waals surface area contributed by atoms with E-state index < -0.39 is 0 Å². The van der Waals surface area contributed by atoms with E-state index in [1.807, 2.05) is 0 Å². The zero-order chi connectivity index (χ0) is 14.7. The summed E-state index contributed by atoms with van der Waals surface area (Å²) in [6, 6.07) is 6.69. The highest BCUT2D eigenvalue weighted by molar-refractivity contribution is 5.52. The van der Waals surface area contributed by atoms with Crippen molar-refractivity contribution in [2.45, 2.75) is 52.4 Å². The molecule has 0 heterocycles. The summed E-state index contributed by atoms with van der Waals surface area (Å²) in [6.45, 7) is 14.0. The first kappa shape index (κ1) is 15.6. The molecule has 0 bridgehead atoms. The molecule has 1 aromatic rings. The van der Waals surface area contributed by atoms with E-state index in [0.717, 1.165) is 11.9 Å². The molecule has 0 fully saturated rings. The summed E-state index contributed by atoms with van der Waals surface area (Å²) in [5, 5.41) is 12.0. The maximum atomic E-state index is 8.69. The zero-order valence-electron chi connectivity index (χ0n) is 13.0. The summed E-state index contributed by atoms with van der Waals surface area (Å²) < 4.78 is 0. The standard InChI is InChI=1S/C17H27NO/c1-16(2,3)13-10-14(17(4,5)6)12-15(11-13)18-8-7-9-19/h7,9-12,18-19H,8H2,1-6H3. The molecule has 0 aliphatic carbocycles. The minimum Gasteiger partial charge on any atom is -0.516 e. The highest BCUT2D eigenvalue weighted by atomic mass is 16.2. The van der Waals surface area contributed by atoms with Crippen molar-refractivity contribution in [3.63, 3.8) is 0 Å². The van der Waals surface area contributed by atoms with E-state index in [1.165, 1.54) is 11.1 Å². The smallest absolute Gasteiger partial charge is 0.0769 e. The van der Waals surface area contributed by atoms with E-state index in [1.54, 1.807) is 6.08 Å². The van der Waals surface area contributed by atoms with Gasteiger partial charge in [0.15, 0.2) is 0 Å². The fraction of sp³-hybridized carbons (Fsp3) is 0.529. The zero-order valence-corrected chi connectivity index (χ0v) is 13.0. The number of benzene rings is 1. The highest BCUT2D eigenvalue weighted by Gasteiger charge is 2.20. The van der Waals surface area contributed by atoms with Crippen molar-refractivity contribution in [3.8, 4) is 0 Å². The topological polar surface area (TPSA) is 32.3 Å². The summed E-state index contributed by atoms with van der Waals surface area (Å²) in [5.41, 5.74) is 4.02. The van der Waals surface area contributed by atoms with E-state index in [0.29, 0.717) is 6.54 Å². The molecule has 1 rings (SSSR count). The van der Waals surface area contributed by atoms with E-state index >= 15 is 0 Å². The van der Waals surface area contributed by atoms with Gasteiger partial charge in [-0.25, -0.2) is 0 Å². The molecule has 0 aliphatic rings. The number of aliphatic hydroxyl groups is 1. The summed E-state index contributed by atoms with van der Waals surface area (Å²) in [6.07, 6.45) is 2.77. The Morgan fingerprint density at radius 2 is 1.42 bits per heavy atom. The Labute approximate surface area is 117 Å². The summed E-state index contributed by atoms with van der Waals surface area (Å²) in [7, 11) is 0. The van der Waals surface area contributed by atoms with Crippen LogP contribution in [-0.2, 0) is 10.8 Å². The lowest BCUT2D eigenvalue weighted by Gasteiger charge is -2.26. The van der Waals surface area contributed by atoms with Crippen LogP contribution in [0.5, 0.6) is 0 Å². The van der Waals surface area contributed by atoms with Crippen molar-refractivity contribution in [1.29, 1.82) is 0 Å². The molecular weight excluding hydrogens is 234 g/mol. The van der Waals surface area contributed by atoms with Crippen LogP contribution < -0.4 is 5.32 Å². The third-order valence-electron chi connectivity index (χ3n) is 3.19. The molecule has 2 N–H and O–H groups in total. The third kappa shape index (κ3) is 4.62. The van der Waals surface area contributed by atoms with Crippen LogP contribution >= 0.6 is 0 Å². The highest BCUT2D eigenvalue weighted by Crippen LogP contribution is 2.31. The minimum atomic E-state index is 0.129. The Bertz CT molecular complexity index is 415. The van der Waals surface area contributed by atoms with Gasteiger partial charge in [0, 0.05) is 12.2 Å². The Morgan fingerprint density at radius 1 is 0.947 bits per heavy atom. The molecule has 1 aromatic carbocycles. The number of hydrogen-bond donors (Lipinski definition) is 2. The Morgan fingerprint density at radius 3 is 1.79 bits per heavy atom. The molecule has 106 valence electrons. The molecular formula is C17H27NO. The lowest BCUT2D eigenvalue weighted by molar-refractivity contribution is 0.472. The predicted molar refractivity (Wildman–Crippen MR) is 84.1 cm³/mol. The summed E-state index contributed by atoms with van der Waals surface area (Å²) in [4.78, 5) is 0. The maximum Gasteiger partial charge on any atom is 0.0769 e. The van der Waals surface area contributed by atoms with Gasteiger partial charge in [-0.05, 0) is 40.2 Å². The number of rotatable bonds is 3. The van der Waals surface area contributed by atoms with Gasteiger partial charge in [-0.3, -0.25) is 0 Å². The third-order valence-corrected chi connectivity index (χ3v) is 3.19. The molecule has 0 aliphatic heterocycles. The summed E-state index contributed by atoms with van der Waals surface area (Å²) in [5.74, 6) is 0. The molecule has 0 atom stereocenters. The SMILES string of the molecule is CC(C)(C)c1cc(NCC=CO)cc(C(C)(C)C)c1. The number of nitrogens with one attached hydrogen (secondary N) is 1. The van der Waals surface area contributed by atoms with Gasteiger partial charge < -0.3 is 10.4 Å². The average Bonchev–Trinajstić information content (AvgIpc) is 2.27. The van der Waals surface area contributed by atoms with Crippen LogP contribution in [0.15, 0.2) is 30.5 Å². The van der Waals surface area contributed by atoms with Crippen molar-refractivity contribution >= 4 is 5.69 Å². The van der Waals surface area contributed by atoms with Crippen LogP contribution in [0.2, 0.25) is 0 Å². The molecule has 0 saturated heterocycles. The molecule has 19 heavy (non-hydrogen) atoms. The quantitative estimate of drug-likeness (QED) is 0.768. The van der Waals surface area contributed by atoms with Crippen molar-refractivity contribution in [1.82, 2.24) is 0 Å². The molecule has 0 radical (unpaired) electrons. The van der Waals surface area contributed by atoms with Crippen LogP contribution in [0.25, 0.3) is 0 Å². The second-order valence-electron chi connectivity index (χ2n) is 7.06. The second kappa shape index (κ2) is 5.68. The van der Waals surface area contributed by atoms with Crippen molar-refractivity contribution in [2.75, 3.05) is 11.9 Å². The van der Waals surface area contributed by atoms with Gasteiger partial charge in [-0.15, -0.1) is 0 Å². The predicted octanol–water partition coefficient (Wildman–Crippen LogP) is 4.77. The van der Waals surface area contributed by atoms with Gasteiger partial charge in [0.2, 0.25) is 0 Å². The average molecular weight is 261 g/mol. The van der Waals surface area contributed by atoms with Crippen molar-refractivity contribution in [2.24, 2.45) is 0 Å². The maximum absolute atomic E-state index is 8.69. The van der Waals surface area contributed by atoms with Gasteiger partial charge >= 0.3 is 0 Å². The Kier molecular flexibility index (Phi) is 4.67. The van der Waals surface area contributed by atoms with Crippen LogP contribution in [0.3, 0.4) is 0 Å². The van der Waals surface area contributed by atoms with Gasteiger partial charge in [0.05, 0.1) is 6.26 Å². The van der Waals surface area contributed by atoms with E-state index in [4.69, 9.17) is 5.11 Å². The number of hydrogen-bond acceptors (Lipinski definition) is 2. The van der Waals surface area contributed by atoms with Crippen LogP contribution in [-0.4, -0.2) is 11.7 Å². The van der Waals surface area contributed by atoms with Gasteiger partial charge in [-0.2, -0.15) is 0 Å². The largest absolute Gasteiger partial charge is 0.516 e. The van der Waals surface area contributed by atoms with Gasteiger partial charge in [-0.1, -0.05) is 47.6 Å². The van der Waals surface area contributed by atoms with E-state index in [9.17, 15) is 0 Å². The number of aliphatic hydroxyl groups excluding tert-OH is 1. The van der Waals surface area contributed by atoms with E-state index in [-0.39, 0.29) is 10.8 Å². The first-order valence-electron chi connectivity index (χ1n) is 6.84. The Balaban J connectivity index is 3.17. The molecule has 0 aromatic heterocycles. The fourth-order valence-corrected chi connectivity index (χ4v) is 1.83. The molecule has 2 nitrogen and oxygen atoms in total. The molecule has 0 spiro atoms.